The van der Waals surface area contributed by atoms with Crippen molar-refractivity contribution in [3.8, 4) is 5.75 Å². The summed E-state index contributed by atoms with van der Waals surface area (Å²) in [6, 6.07) is 5.14. The molecule has 2 rings (SSSR count). The van der Waals surface area contributed by atoms with Crippen LogP contribution >= 0.6 is 0 Å². The molecule has 1 unspecified atom stereocenters. The van der Waals surface area contributed by atoms with Gasteiger partial charge >= 0.3 is 0 Å². The Morgan fingerprint density at radius 3 is 3.11 bits per heavy atom. The lowest BCUT2D eigenvalue weighted by Crippen LogP contribution is -2.26. The lowest BCUT2D eigenvalue weighted by Gasteiger charge is -2.19. The van der Waals surface area contributed by atoms with Gasteiger partial charge < -0.3 is 21.1 Å². The van der Waals surface area contributed by atoms with Gasteiger partial charge in [-0.1, -0.05) is 6.92 Å². The molecule has 1 aliphatic heterocycles. The lowest BCUT2D eigenvalue weighted by molar-refractivity contribution is -0.119. The minimum Gasteiger partial charge on any atom is -0.482 e. The van der Waals surface area contributed by atoms with Gasteiger partial charge in [0.05, 0.1) is 5.69 Å². The molecule has 102 valence electrons. The van der Waals surface area contributed by atoms with E-state index in [1.165, 1.54) is 0 Å². The first-order chi connectivity index (χ1) is 9.10. The Bertz CT molecular complexity index is 502. The molecule has 6 heteroatoms. The van der Waals surface area contributed by atoms with Gasteiger partial charge in [0.15, 0.2) is 6.61 Å². The average Bonchev–Trinajstić information content (AvgIpc) is 2.38. The quantitative estimate of drug-likeness (QED) is 0.753. The predicted molar refractivity (Wildman–Crippen MR) is 72.0 cm³/mol. The summed E-state index contributed by atoms with van der Waals surface area (Å²) in [5.41, 5.74) is 6.62. The molecule has 2 amide bonds. The van der Waals surface area contributed by atoms with Crippen LogP contribution in [0.25, 0.3) is 0 Å². The highest BCUT2D eigenvalue weighted by atomic mass is 16.5. The highest BCUT2D eigenvalue weighted by Crippen LogP contribution is 2.30. The molecule has 0 saturated heterocycles. The molecule has 0 saturated carbocycles. The van der Waals surface area contributed by atoms with Crippen molar-refractivity contribution in [1.29, 1.82) is 0 Å². The Kier molecular flexibility index (Phi) is 4.01. The van der Waals surface area contributed by atoms with Crippen LogP contribution in [0.3, 0.4) is 0 Å². The molecule has 0 bridgehead atoms. The molecule has 0 fully saturated rings. The van der Waals surface area contributed by atoms with E-state index in [4.69, 9.17) is 10.5 Å². The molecule has 6 nitrogen and oxygen atoms in total. The maximum Gasteiger partial charge on any atom is 0.262 e. The molecule has 1 atom stereocenters. The van der Waals surface area contributed by atoms with Crippen molar-refractivity contribution in [3.05, 3.63) is 18.2 Å². The van der Waals surface area contributed by atoms with E-state index in [1.807, 2.05) is 6.92 Å². The van der Waals surface area contributed by atoms with Gasteiger partial charge in [-0.2, -0.15) is 0 Å². The number of anilines is 2. The summed E-state index contributed by atoms with van der Waals surface area (Å²) in [5, 5.41) is 5.48. The first kappa shape index (κ1) is 13.4. The van der Waals surface area contributed by atoms with Crippen molar-refractivity contribution in [3.63, 3.8) is 0 Å². The number of benzene rings is 1. The Balaban J connectivity index is 2.08. The van der Waals surface area contributed by atoms with Crippen LogP contribution in [-0.4, -0.2) is 25.0 Å². The number of carbonyl (C=O) groups excluding carboxylic acids is 2. The number of carbonyl (C=O) groups is 2. The highest BCUT2D eigenvalue weighted by molar-refractivity contribution is 5.98. The summed E-state index contributed by atoms with van der Waals surface area (Å²) in [6.07, 6.45) is 0.636. The van der Waals surface area contributed by atoms with Crippen LogP contribution in [0.5, 0.6) is 5.75 Å². The van der Waals surface area contributed by atoms with Crippen molar-refractivity contribution in [2.75, 3.05) is 23.8 Å². The third-order valence-corrected chi connectivity index (χ3v) is 2.93. The van der Waals surface area contributed by atoms with E-state index in [0.717, 1.165) is 0 Å². The minimum atomic E-state index is -0.201. The normalized spacial score (nSPS) is 14.9. The fourth-order valence-corrected chi connectivity index (χ4v) is 1.81. The molecular weight excluding hydrogens is 246 g/mol. The maximum absolute atomic E-state index is 11.8. The average molecular weight is 263 g/mol. The van der Waals surface area contributed by atoms with Crippen LogP contribution in [0.15, 0.2) is 18.2 Å². The number of ether oxygens (including phenoxy) is 1. The van der Waals surface area contributed by atoms with Gasteiger partial charge in [-0.3, -0.25) is 9.59 Å². The number of hydrogen-bond donors (Lipinski definition) is 3. The van der Waals surface area contributed by atoms with E-state index < -0.39 is 0 Å². The van der Waals surface area contributed by atoms with Crippen molar-refractivity contribution in [2.24, 2.45) is 11.7 Å². The fraction of sp³-hybridized carbons (Fsp3) is 0.385. The van der Waals surface area contributed by atoms with E-state index in [2.05, 4.69) is 10.6 Å². The predicted octanol–water partition coefficient (Wildman–Crippen LogP) is 0.941. The Morgan fingerprint density at radius 1 is 1.58 bits per heavy atom. The van der Waals surface area contributed by atoms with Crippen molar-refractivity contribution in [1.82, 2.24) is 0 Å². The molecule has 0 radical (unpaired) electrons. The molecule has 0 aliphatic carbocycles. The summed E-state index contributed by atoms with van der Waals surface area (Å²) in [5.74, 6) is 0.167. The third-order valence-electron chi connectivity index (χ3n) is 2.93. The van der Waals surface area contributed by atoms with Crippen molar-refractivity contribution >= 4 is 23.2 Å². The number of nitrogens with one attached hydrogen (secondary N) is 2. The summed E-state index contributed by atoms with van der Waals surface area (Å²) in [6.45, 7) is 2.32. The van der Waals surface area contributed by atoms with Crippen LogP contribution in [-0.2, 0) is 9.59 Å². The van der Waals surface area contributed by atoms with Crippen LogP contribution in [0, 0.1) is 5.92 Å². The number of fused-ring (bicyclic) bond motifs is 1. The van der Waals surface area contributed by atoms with Crippen LogP contribution in [0.2, 0.25) is 0 Å². The zero-order valence-corrected chi connectivity index (χ0v) is 10.7. The Morgan fingerprint density at radius 2 is 2.37 bits per heavy atom. The van der Waals surface area contributed by atoms with E-state index in [1.54, 1.807) is 18.2 Å². The van der Waals surface area contributed by atoms with Crippen LogP contribution in [0.1, 0.15) is 13.3 Å². The van der Waals surface area contributed by atoms with Gasteiger partial charge in [0.25, 0.3) is 5.91 Å². The van der Waals surface area contributed by atoms with Gasteiger partial charge in [0.1, 0.15) is 5.75 Å². The Hall–Kier alpha value is -2.08. The van der Waals surface area contributed by atoms with E-state index in [0.29, 0.717) is 30.1 Å². The summed E-state index contributed by atoms with van der Waals surface area (Å²) >= 11 is 0. The Labute approximate surface area is 111 Å². The molecule has 19 heavy (non-hydrogen) atoms. The monoisotopic (exact) mass is 263 g/mol. The van der Waals surface area contributed by atoms with Crippen LogP contribution in [0.4, 0.5) is 11.4 Å². The molecule has 1 heterocycles. The summed E-state index contributed by atoms with van der Waals surface area (Å²) in [4.78, 5) is 23.1. The molecule has 1 aromatic rings. The minimum absolute atomic E-state index is 0.0201. The van der Waals surface area contributed by atoms with Crippen molar-refractivity contribution < 1.29 is 14.3 Å². The smallest absolute Gasteiger partial charge is 0.262 e. The SMILES string of the molecule is CC(CCN)C(=O)Nc1ccc2c(c1)NC(=O)CO2. The van der Waals surface area contributed by atoms with Gasteiger partial charge in [0.2, 0.25) is 5.91 Å². The first-order valence-electron chi connectivity index (χ1n) is 6.18. The third kappa shape index (κ3) is 3.23. The number of hydrogen-bond acceptors (Lipinski definition) is 4. The van der Waals surface area contributed by atoms with Gasteiger partial charge in [0, 0.05) is 11.6 Å². The first-order valence-corrected chi connectivity index (χ1v) is 6.18. The van der Waals surface area contributed by atoms with Crippen LogP contribution < -0.4 is 21.1 Å². The maximum atomic E-state index is 11.8. The summed E-state index contributed by atoms with van der Waals surface area (Å²) in [7, 11) is 0. The molecule has 1 aromatic carbocycles. The number of amides is 2. The molecule has 4 N–H and O–H groups in total. The number of nitrogens with two attached hydrogens (primary N) is 1. The second kappa shape index (κ2) is 5.71. The second-order valence-electron chi connectivity index (χ2n) is 4.52. The van der Waals surface area contributed by atoms with Gasteiger partial charge in [-0.25, -0.2) is 0 Å². The molecular formula is C13H17N3O3. The zero-order chi connectivity index (χ0) is 13.8. The fourth-order valence-electron chi connectivity index (χ4n) is 1.81. The number of rotatable bonds is 4. The topological polar surface area (TPSA) is 93.5 Å². The lowest BCUT2D eigenvalue weighted by atomic mass is 10.1. The largest absolute Gasteiger partial charge is 0.482 e. The van der Waals surface area contributed by atoms with E-state index in [-0.39, 0.29) is 24.3 Å². The van der Waals surface area contributed by atoms with Gasteiger partial charge in [-0.15, -0.1) is 0 Å². The molecule has 1 aliphatic rings. The van der Waals surface area contributed by atoms with E-state index in [9.17, 15) is 9.59 Å². The standard InChI is InChI=1S/C13H17N3O3/c1-8(4-5-14)13(18)15-9-2-3-11-10(6-9)16-12(17)7-19-11/h2-3,6,8H,4-5,7,14H2,1H3,(H,15,18)(H,16,17). The van der Waals surface area contributed by atoms with Gasteiger partial charge in [-0.05, 0) is 31.2 Å². The molecule has 0 aromatic heterocycles. The van der Waals surface area contributed by atoms with E-state index >= 15 is 0 Å². The second-order valence-corrected chi connectivity index (χ2v) is 4.52. The molecule has 0 spiro atoms. The van der Waals surface area contributed by atoms with Crippen molar-refractivity contribution in [2.45, 2.75) is 13.3 Å². The summed E-state index contributed by atoms with van der Waals surface area (Å²) < 4.78 is 5.24. The highest BCUT2D eigenvalue weighted by Gasteiger charge is 2.17. The zero-order valence-electron chi connectivity index (χ0n) is 10.7.